The summed E-state index contributed by atoms with van der Waals surface area (Å²) in [7, 11) is 0. The van der Waals surface area contributed by atoms with Crippen LogP contribution >= 0.6 is 0 Å². The van der Waals surface area contributed by atoms with Gasteiger partial charge in [-0.2, -0.15) is 0 Å². The van der Waals surface area contributed by atoms with Crippen LogP contribution in [0.5, 0.6) is 0 Å². The molecule has 0 aromatic rings. The third-order valence-electron chi connectivity index (χ3n) is 0.791. The van der Waals surface area contributed by atoms with Crippen molar-refractivity contribution in [1.29, 1.82) is 0 Å². The Morgan fingerprint density at radius 2 is 2.33 bits per heavy atom. The zero-order valence-electron chi connectivity index (χ0n) is 4.95. The standard InChI is InChI=1S/C5H9NO3/c1-2-3-6(4-7)5(8)9/h2,7H,1,3-4H2,(H,8,9). The van der Waals surface area contributed by atoms with E-state index in [1.807, 2.05) is 0 Å². The zero-order chi connectivity index (χ0) is 7.28. The van der Waals surface area contributed by atoms with Gasteiger partial charge in [0.1, 0.15) is 6.73 Å². The number of amides is 1. The molecule has 4 heteroatoms. The number of nitrogens with zero attached hydrogens (tertiary/aromatic N) is 1. The van der Waals surface area contributed by atoms with Crippen molar-refractivity contribution in [3.63, 3.8) is 0 Å². The van der Waals surface area contributed by atoms with Gasteiger partial charge in [-0.15, -0.1) is 6.58 Å². The lowest BCUT2D eigenvalue weighted by Crippen LogP contribution is -2.30. The molecule has 0 aliphatic carbocycles. The van der Waals surface area contributed by atoms with E-state index in [1.165, 1.54) is 6.08 Å². The molecule has 0 aliphatic heterocycles. The summed E-state index contributed by atoms with van der Waals surface area (Å²) in [5.41, 5.74) is 0. The highest BCUT2D eigenvalue weighted by atomic mass is 16.4. The lowest BCUT2D eigenvalue weighted by atomic mass is 10.6. The lowest BCUT2D eigenvalue weighted by molar-refractivity contribution is 0.0960. The fourth-order valence-corrected chi connectivity index (χ4v) is 0.352. The average Bonchev–Trinajstić information content (AvgIpc) is 1.82. The predicted octanol–water partition coefficient (Wildman–Crippen LogP) is 0.102. The van der Waals surface area contributed by atoms with Gasteiger partial charge in [-0.25, -0.2) is 4.79 Å². The number of carboxylic acid groups (broad SMARTS) is 1. The van der Waals surface area contributed by atoms with Crippen molar-refractivity contribution in [1.82, 2.24) is 4.90 Å². The third kappa shape index (κ3) is 2.71. The first-order valence-electron chi connectivity index (χ1n) is 2.42. The quantitative estimate of drug-likeness (QED) is 0.422. The van der Waals surface area contributed by atoms with Gasteiger partial charge in [-0.05, 0) is 0 Å². The molecule has 0 atom stereocenters. The fraction of sp³-hybridized carbons (Fsp3) is 0.400. The molecule has 0 saturated carbocycles. The Morgan fingerprint density at radius 3 is 2.44 bits per heavy atom. The van der Waals surface area contributed by atoms with Crippen LogP contribution in [0.2, 0.25) is 0 Å². The topological polar surface area (TPSA) is 60.8 Å². The molecule has 0 bridgehead atoms. The molecule has 0 unspecified atom stereocenters. The van der Waals surface area contributed by atoms with Gasteiger partial charge in [0.2, 0.25) is 0 Å². The van der Waals surface area contributed by atoms with E-state index in [-0.39, 0.29) is 6.54 Å². The Morgan fingerprint density at radius 1 is 1.78 bits per heavy atom. The third-order valence-corrected chi connectivity index (χ3v) is 0.791. The number of aliphatic hydroxyl groups is 1. The van der Waals surface area contributed by atoms with E-state index >= 15 is 0 Å². The summed E-state index contributed by atoms with van der Waals surface area (Å²) in [5.74, 6) is 0. The van der Waals surface area contributed by atoms with Crippen LogP contribution in [0.25, 0.3) is 0 Å². The maximum atomic E-state index is 10.0. The molecule has 0 heterocycles. The van der Waals surface area contributed by atoms with Crippen molar-refractivity contribution < 1.29 is 15.0 Å². The first-order chi connectivity index (χ1) is 4.22. The van der Waals surface area contributed by atoms with Gasteiger partial charge in [0.25, 0.3) is 0 Å². The molecule has 9 heavy (non-hydrogen) atoms. The van der Waals surface area contributed by atoms with Gasteiger partial charge in [0.15, 0.2) is 0 Å². The number of carbonyl (C=O) groups is 1. The molecule has 0 radical (unpaired) electrons. The highest BCUT2D eigenvalue weighted by Crippen LogP contribution is 1.85. The molecular formula is C5H9NO3. The van der Waals surface area contributed by atoms with Crippen LogP contribution in [0.15, 0.2) is 12.7 Å². The van der Waals surface area contributed by atoms with Gasteiger partial charge in [-0.1, -0.05) is 6.08 Å². The molecule has 0 aromatic heterocycles. The van der Waals surface area contributed by atoms with Crippen LogP contribution in [0, 0.1) is 0 Å². The highest BCUT2D eigenvalue weighted by molar-refractivity contribution is 5.64. The number of aliphatic hydroxyl groups excluding tert-OH is 1. The van der Waals surface area contributed by atoms with E-state index < -0.39 is 12.8 Å². The van der Waals surface area contributed by atoms with Gasteiger partial charge in [0, 0.05) is 6.54 Å². The summed E-state index contributed by atoms with van der Waals surface area (Å²) in [6.07, 6.45) is 0.266. The Labute approximate surface area is 53.0 Å². The molecule has 4 nitrogen and oxygen atoms in total. The largest absolute Gasteiger partial charge is 0.465 e. The van der Waals surface area contributed by atoms with Crippen LogP contribution in [-0.4, -0.2) is 34.5 Å². The Kier molecular flexibility index (Phi) is 3.46. The molecule has 0 spiro atoms. The molecule has 0 aliphatic rings. The van der Waals surface area contributed by atoms with Crippen molar-refractivity contribution in [2.75, 3.05) is 13.3 Å². The second-order valence-corrected chi connectivity index (χ2v) is 1.44. The molecule has 0 saturated heterocycles. The number of rotatable bonds is 3. The van der Waals surface area contributed by atoms with Crippen LogP contribution in [0.3, 0.4) is 0 Å². The van der Waals surface area contributed by atoms with E-state index in [0.717, 1.165) is 4.90 Å². The zero-order valence-corrected chi connectivity index (χ0v) is 4.95. The van der Waals surface area contributed by atoms with Crippen LogP contribution in [-0.2, 0) is 0 Å². The second kappa shape index (κ2) is 3.91. The van der Waals surface area contributed by atoms with E-state index in [2.05, 4.69) is 6.58 Å². The first-order valence-corrected chi connectivity index (χ1v) is 2.42. The SMILES string of the molecule is C=CCN(CO)C(=O)O. The fourth-order valence-electron chi connectivity index (χ4n) is 0.352. The summed E-state index contributed by atoms with van der Waals surface area (Å²) in [6.45, 7) is 2.99. The van der Waals surface area contributed by atoms with Crippen LogP contribution in [0.1, 0.15) is 0 Å². The van der Waals surface area contributed by atoms with Crippen LogP contribution in [0.4, 0.5) is 4.79 Å². The highest BCUT2D eigenvalue weighted by Gasteiger charge is 2.05. The number of hydrogen-bond acceptors (Lipinski definition) is 2. The van der Waals surface area contributed by atoms with Crippen molar-refractivity contribution in [2.24, 2.45) is 0 Å². The Hall–Kier alpha value is -1.03. The maximum Gasteiger partial charge on any atom is 0.409 e. The minimum Gasteiger partial charge on any atom is -0.465 e. The number of hydrogen-bond donors (Lipinski definition) is 2. The maximum absolute atomic E-state index is 10.0. The van der Waals surface area contributed by atoms with Crippen molar-refractivity contribution in [3.05, 3.63) is 12.7 Å². The van der Waals surface area contributed by atoms with Crippen LogP contribution < -0.4 is 0 Å². The van der Waals surface area contributed by atoms with Gasteiger partial charge in [-0.3, -0.25) is 4.90 Å². The summed E-state index contributed by atoms with van der Waals surface area (Å²) < 4.78 is 0. The van der Waals surface area contributed by atoms with Crippen molar-refractivity contribution >= 4 is 6.09 Å². The van der Waals surface area contributed by atoms with Gasteiger partial charge in [0.05, 0.1) is 0 Å². The normalized spacial score (nSPS) is 8.56. The smallest absolute Gasteiger partial charge is 0.409 e. The summed E-state index contributed by atoms with van der Waals surface area (Å²) in [4.78, 5) is 10.9. The van der Waals surface area contributed by atoms with Crippen molar-refractivity contribution in [3.8, 4) is 0 Å². The summed E-state index contributed by atoms with van der Waals surface area (Å²) in [6, 6.07) is 0. The molecule has 0 rings (SSSR count). The lowest BCUT2D eigenvalue weighted by Gasteiger charge is -2.11. The molecule has 0 fully saturated rings. The van der Waals surface area contributed by atoms with E-state index in [9.17, 15) is 4.79 Å². The molecular weight excluding hydrogens is 122 g/mol. The average molecular weight is 131 g/mol. The molecule has 2 N–H and O–H groups in total. The monoisotopic (exact) mass is 131 g/mol. The minimum absolute atomic E-state index is 0.159. The second-order valence-electron chi connectivity index (χ2n) is 1.44. The van der Waals surface area contributed by atoms with E-state index in [0.29, 0.717) is 0 Å². The van der Waals surface area contributed by atoms with Gasteiger partial charge < -0.3 is 10.2 Å². The first kappa shape index (κ1) is 7.97. The van der Waals surface area contributed by atoms with E-state index in [4.69, 9.17) is 10.2 Å². The minimum atomic E-state index is -1.14. The summed E-state index contributed by atoms with van der Waals surface area (Å²) >= 11 is 0. The Bertz CT molecular complexity index is 113. The molecule has 0 aromatic carbocycles. The van der Waals surface area contributed by atoms with E-state index in [1.54, 1.807) is 0 Å². The molecule has 52 valence electrons. The Balaban J connectivity index is 3.67. The molecule has 1 amide bonds. The van der Waals surface area contributed by atoms with Gasteiger partial charge >= 0.3 is 6.09 Å². The predicted molar refractivity (Wildman–Crippen MR) is 32.0 cm³/mol. The summed E-state index contributed by atoms with van der Waals surface area (Å²) in [5, 5.41) is 16.5. The van der Waals surface area contributed by atoms with Crippen molar-refractivity contribution in [2.45, 2.75) is 0 Å².